The van der Waals surface area contributed by atoms with Crippen LogP contribution in [-0.4, -0.2) is 9.97 Å². The Kier molecular flexibility index (Phi) is 4.91. The van der Waals surface area contributed by atoms with E-state index in [0.717, 1.165) is 24.4 Å². The molecule has 0 aliphatic rings. The fourth-order valence-electron chi connectivity index (χ4n) is 2.01. The SMILES string of the molecule is CCCC(Nc1cc(C(C)C)ncn1)c1cccs1. The third kappa shape index (κ3) is 3.77. The van der Waals surface area contributed by atoms with Gasteiger partial charge in [0.15, 0.2) is 0 Å². The molecular formula is C15H21N3S. The quantitative estimate of drug-likeness (QED) is 0.836. The molecule has 0 fully saturated rings. The van der Waals surface area contributed by atoms with E-state index in [1.54, 1.807) is 17.7 Å². The van der Waals surface area contributed by atoms with Gasteiger partial charge in [0.05, 0.1) is 6.04 Å². The summed E-state index contributed by atoms with van der Waals surface area (Å²) >= 11 is 1.79. The van der Waals surface area contributed by atoms with Gasteiger partial charge in [-0.1, -0.05) is 33.3 Å². The van der Waals surface area contributed by atoms with Gasteiger partial charge in [0, 0.05) is 16.6 Å². The molecule has 1 unspecified atom stereocenters. The zero-order chi connectivity index (χ0) is 13.7. The van der Waals surface area contributed by atoms with Crippen molar-refractivity contribution in [2.75, 3.05) is 5.32 Å². The second-order valence-corrected chi connectivity index (χ2v) is 5.96. The fourth-order valence-corrected chi connectivity index (χ4v) is 2.82. The molecule has 0 saturated carbocycles. The largest absolute Gasteiger partial charge is 0.362 e. The second-order valence-electron chi connectivity index (χ2n) is 4.98. The Hall–Kier alpha value is -1.42. The van der Waals surface area contributed by atoms with E-state index in [-0.39, 0.29) is 0 Å². The summed E-state index contributed by atoms with van der Waals surface area (Å²) in [7, 11) is 0. The molecule has 2 rings (SSSR count). The molecule has 102 valence electrons. The predicted octanol–water partition coefficient (Wildman–Crippen LogP) is 4.61. The molecule has 2 aromatic rings. The van der Waals surface area contributed by atoms with Crippen LogP contribution in [0, 0.1) is 0 Å². The smallest absolute Gasteiger partial charge is 0.130 e. The first kappa shape index (κ1) is 14.0. The van der Waals surface area contributed by atoms with Crippen LogP contribution in [0.4, 0.5) is 5.82 Å². The summed E-state index contributed by atoms with van der Waals surface area (Å²) < 4.78 is 0. The molecule has 4 heteroatoms. The zero-order valence-corrected chi connectivity index (χ0v) is 12.6. The van der Waals surface area contributed by atoms with Crippen LogP contribution in [0.25, 0.3) is 0 Å². The van der Waals surface area contributed by atoms with Crippen molar-refractivity contribution in [3.05, 3.63) is 40.5 Å². The third-order valence-electron chi connectivity index (χ3n) is 3.07. The van der Waals surface area contributed by atoms with Crippen LogP contribution in [0.5, 0.6) is 0 Å². The summed E-state index contributed by atoms with van der Waals surface area (Å²) in [5.74, 6) is 1.35. The average Bonchev–Trinajstić information content (AvgIpc) is 2.92. The molecule has 0 aliphatic heterocycles. The van der Waals surface area contributed by atoms with Gasteiger partial charge in [-0.3, -0.25) is 0 Å². The van der Waals surface area contributed by atoms with E-state index in [1.807, 2.05) is 0 Å². The number of hydrogen-bond acceptors (Lipinski definition) is 4. The highest BCUT2D eigenvalue weighted by molar-refractivity contribution is 7.10. The van der Waals surface area contributed by atoms with Gasteiger partial charge in [0.2, 0.25) is 0 Å². The lowest BCUT2D eigenvalue weighted by Gasteiger charge is -2.18. The Morgan fingerprint density at radius 3 is 2.79 bits per heavy atom. The Balaban J connectivity index is 2.15. The standard InChI is InChI=1S/C15H21N3S/c1-4-6-12(14-7-5-8-19-14)18-15-9-13(11(2)3)16-10-17-15/h5,7-12H,4,6H2,1-3H3,(H,16,17,18). The van der Waals surface area contributed by atoms with Crippen molar-refractivity contribution in [2.45, 2.75) is 45.6 Å². The fraction of sp³-hybridized carbons (Fsp3) is 0.467. The van der Waals surface area contributed by atoms with E-state index in [2.05, 4.69) is 59.6 Å². The molecule has 0 aliphatic carbocycles. The lowest BCUT2D eigenvalue weighted by atomic mass is 10.1. The van der Waals surface area contributed by atoms with Gasteiger partial charge >= 0.3 is 0 Å². The van der Waals surface area contributed by atoms with Gasteiger partial charge in [-0.2, -0.15) is 0 Å². The highest BCUT2D eigenvalue weighted by atomic mass is 32.1. The molecule has 3 nitrogen and oxygen atoms in total. The molecule has 19 heavy (non-hydrogen) atoms. The molecule has 0 radical (unpaired) electrons. The molecular weight excluding hydrogens is 254 g/mol. The number of rotatable bonds is 6. The summed E-state index contributed by atoms with van der Waals surface area (Å²) in [6.07, 6.45) is 3.91. The lowest BCUT2D eigenvalue weighted by Crippen LogP contribution is -2.11. The Bertz CT molecular complexity index is 494. The first-order valence-corrected chi connectivity index (χ1v) is 7.70. The summed E-state index contributed by atoms with van der Waals surface area (Å²) in [5, 5.41) is 5.66. The van der Waals surface area contributed by atoms with Crippen LogP contribution in [-0.2, 0) is 0 Å². The van der Waals surface area contributed by atoms with Gasteiger partial charge < -0.3 is 5.32 Å². The highest BCUT2D eigenvalue weighted by Crippen LogP contribution is 2.27. The normalized spacial score (nSPS) is 12.6. The minimum atomic E-state index is 0.347. The minimum absolute atomic E-state index is 0.347. The van der Waals surface area contributed by atoms with Crippen LogP contribution >= 0.6 is 11.3 Å². The predicted molar refractivity (Wildman–Crippen MR) is 81.7 cm³/mol. The molecule has 0 aromatic carbocycles. The Labute approximate surface area is 119 Å². The van der Waals surface area contributed by atoms with Crippen molar-refractivity contribution in [3.63, 3.8) is 0 Å². The molecule has 0 saturated heterocycles. The van der Waals surface area contributed by atoms with Gasteiger partial charge in [-0.15, -0.1) is 11.3 Å². The van der Waals surface area contributed by atoms with Gasteiger partial charge in [0.25, 0.3) is 0 Å². The van der Waals surface area contributed by atoms with Gasteiger partial charge in [0.1, 0.15) is 12.1 Å². The van der Waals surface area contributed by atoms with Crippen molar-refractivity contribution in [1.82, 2.24) is 9.97 Å². The maximum Gasteiger partial charge on any atom is 0.130 e. The third-order valence-corrected chi connectivity index (χ3v) is 4.05. The van der Waals surface area contributed by atoms with E-state index < -0.39 is 0 Å². The molecule has 0 spiro atoms. The second kappa shape index (κ2) is 6.66. The maximum atomic E-state index is 4.34. The lowest BCUT2D eigenvalue weighted by molar-refractivity contribution is 0.683. The maximum absolute atomic E-state index is 4.34. The number of hydrogen-bond donors (Lipinski definition) is 1. The highest BCUT2D eigenvalue weighted by Gasteiger charge is 2.12. The topological polar surface area (TPSA) is 37.8 Å². The van der Waals surface area contributed by atoms with Crippen molar-refractivity contribution in [3.8, 4) is 0 Å². The summed E-state index contributed by atoms with van der Waals surface area (Å²) in [6.45, 7) is 6.51. The Morgan fingerprint density at radius 1 is 1.32 bits per heavy atom. The number of nitrogens with one attached hydrogen (secondary N) is 1. The molecule has 0 amide bonds. The number of nitrogens with zero attached hydrogens (tertiary/aromatic N) is 2. The van der Waals surface area contributed by atoms with Crippen LogP contribution < -0.4 is 5.32 Å². The van der Waals surface area contributed by atoms with E-state index in [4.69, 9.17) is 0 Å². The van der Waals surface area contributed by atoms with E-state index >= 15 is 0 Å². The van der Waals surface area contributed by atoms with Crippen molar-refractivity contribution >= 4 is 17.2 Å². The molecule has 1 atom stereocenters. The van der Waals surface area contributed by atoms with Crippen molar-refractivity contribution in [2.24, 2.45) is 0 Å². The van der Waals surface area contributed by atoms with E-state index in [1.165, 1.54) is 4.88 Å². The van der Waals surface area contributed by atoms with Gasteiger partial charge in [-0.25, -0.2) is 9.97 Å². The van der Waals surface area contributed by atoms with Crippen LogP contribution in [0.15, 0.2) is 29.9 Å². The summed E-state index contributed by atoms with van der Waals surface area (Å²) in [5.41, 5.74) is 1.08. The van der Waals surface area contributed by atoms with E-state index in [9.17, 15) is 0 Å². The molecule has 2 heterocycles. The molecule has 2 aromatic heterocycles. The number of thiophene rings is 1. The molecule has 0 bridgehead atoms. The Morgan fingerprint density at radius 2 is 2.16 bits per heavy atom. The molecule has 1 N–H and O–H groups in total. The summed E-state index contributed by atoms with van der Waals surface area (Å²) in [4.78, 5) is 10.0. The van der Waals surface area contributed by atoms with Crippen LogP contribution in [0.2, 0.25) is 0 Å². The van der Waals surface area contributed by atoms with Crippen LogP contribution in [0.1, 0.15) is 56.1 Å². The first-order valence-electron chi connectivity index (χ1n) is 6.82. The summed E-state index contributed by atoms with van der Waals surface area (Å²) in [6, 6.07) is 6.69. The average molecular weight is 275 g/mol. The van der Waals surface area contributed by atoms with Crippen molar-refractivity contribution < 1.29 is 0 Å². The minimum Gasteiger partial charge on any atom is -0.362 e. The van der Waals surface area contributed by atoms with Crippen LogP contribution in [0.3, 0.4) is 0 Å². The van der Waals surface area contributed by atoms with Gasteiger partial charge in [-0.05, 0) is 23.8 Å². The number of aromatic nitrogens is 2. The first-order chi connectivity index (χ1) is 9.20. The van der Waals surface area contributed by atoms with Crippen molar-refractivity contribution in [1.29, 1.82) is 0 Å². The monoisotopic (exact) mass is 275 g/mol. The van der Waals surface area contributed by atoms with E-state index in [0.29, 0.717) is 12.0 Å². The number of anilines is 1. The zero-order valence-electron chi connectivity index (χ0n) is 11.8.